The van der Waals surface area contributed by atoms with E-state index in [1.54, 1.807) is 25.3 Å². The third-order valence-corrected chi connectivity index (χ3v) is 4.29. The van der Waals surface area contributed by atoms with Crippen molar-refractivity contribution < 1.29 is 23.0 Å². The number of aliphatic imine (C=N–C) groups is 1. The lowest BCUT2D eigenvalue weighted by molar-refractivity contribution is -0.0504. The van der Waals surface area contributed by atoms with Crippen LogP contribution in [-0.2, 0) is 16.0 Å². The molecule has 0 radical (unpaired) electrons. The Bertz CT molecular complexity index is 593. The molecule has 1 saturated heterocycles. The highest BCUT2D eigenvalue weighted by Crippen LogP contribution is 2.22. The summed E-state index contributed by atoms with van der Waals surface area (Å²) in [5.41, 5.74) is 0.631. The van der Waals surface area contributed by atoms with Gasteiger partial charge < -0.3 is 24.4 Å². The highest BCUT2D eigenvalue weighted by atomic mass is 127. The molecule has 0 saturated carbocycles. The van der Waals surface area contributed by atoms with Gasteiger partial charge in [0.2, 0.25) is 0 Å². The Morgan fingerprint density at radius 2 is 2.11 bits per heavy atom. The van der Waals surface area contributed by atoms with E-state index in [2.05, 4.69) is 19.9 Å². The third-order valence-electron chi connectivity index (χ3n) is 4.29. The molecule has 1 aromatic carbocycles. The maximum atomic E-state index is 12.6. The molecule has 1 heterocycles. The molecule has 0 aliphatic carbocycles. The van der Waals surface area contributed by atoms with E-state index in [-0.39, 0.29) is 36.3 Å². The zero-order valence-electron chi connectivity index (χ0n) is 16.4. The van der Waals surface area contributed by atoms with Gasteiger partial charge in [0.25, 0.3) is 0 Å². The summed E-state index contributed by atoms with van der Waals surface area (Å²) in [5.74, 6) is 1.39. The number of hydrogen-bond acceptors (Lipinski definition) is 4. The number of halogens is 3. The van der Waals surface area contributed by atoms with Crippen LogP contribution in [0.2, 0.25) is 0 Å². The van der Waals surface area contributed by atoms with Gasteiger partial charge in [-0.2, -0.15) is 8.78 Å². The molecule has 1 aliphatic heterocycles. The van der Waals surface area contributed by atoms with Crippen LogP contribution in [0, 0.1) is 5.92 Å². The number of methoxy groups -OCH3 is 1. The van der Waals surface area contributed by atoms with E-state index in [4.69, 9.17) is 9.47 Å². The molecule has 1 aliphatic rings. The van der Waals surface area contributed by atoms with Gasteiger partial charge >= 0.3 is 6.61 Å². The van der Waals surface area contributed by atoms with E-state index >= 15 is 0 Å². The molecule has 1 unspecified atom stereocenters. The first-order chi connectivity index (χ1) is 13.1. The molecule has 0 spiro atoms. The minimum absolute atomic E-state index is 0. The number of nitrogens with one attached hydrogen (secondary N) is 1. The fourth-order valence-corrected chi connectivity index (χ4v) is 2.98. The predicted octanol–water partition coefficient (Wildman–Crippen LogP) is 3.36. The van der Waals surface area contributed by atoms with E-state index < -0.39 is 6.61 Å². The Kier molecular flexibility index (Phi) is 12.3. The molecule has 0 bridgehead atoms. The smallest absolute Gasteiger partial charge is 0.387 e. The van der Waals surface area contributed by atoms with Crippen LogP contribution in [0.15, 0.2) is 29.3 Å². The lowest BCUT2D eigenvalue weighted by Crippen LogP contribution is -2.40. The number of benzene rings is 1. The van der Waals surface area contributed by atoms with E-state index in [9.17, 15) is 8.78 Å². The van der Waals surface area contributed by atoms with Gasteiger partial charge in [-0.1, -0.05) is 18.2 Å². The van der Waals surface area contributed by atoms with Crippen molar-refractivity contribution in [3.8, 4) is 5.75 Å². The summed E-state index contributed by atoms with van der Waals surface area (Å²) in [5, 5.41) is 3.28. The van der Waals surface area contributed by atoms with Crippen molar-refractivity contribution in [2.24, 2.45) is 10.9 Å². The van der Waals surface area contributed by atoms with Crippen LogP contribution in [0.4, 0.5) is 8.78 Å². The average molecular weight is 513 g/mol. The van der Waals surface area contributed by atoms with Gasteiger partial charge in [0, 0.05) is 38.2 Å². The number of hydrogen-bond donors (Lipinski definition) is 1. The quantitative estimate of drug-likeness (QED) is 0.225. The minimum atomic E-state index is -2.85. The zero-order valence-corrected chi connectivity index (χ0v) is 18.7. The van der Waals surface area contributed by atoms with E-state index in [1.807, 2.05) is 6.92 Å². The number of likely N-dealkylation sites (tertiary alicyclic amines) is 1. The third kappa shape index (κ3) is 8.44. The number of para-hydroxylation sites is 1. The molecule has 2 rings (SSSR count). The first kappa shape index (κ1) is 24.8. The van der Waals surface area contributed by atoms with Crippen molar-refractivity contribution >= 4 is 29.9 Å². The first-order valence-corrected chi connectivity index (χ1v) is 9.26. The second-order valence-corrected chi connectivity index (χ2v) is 6.32. The molecular formula is C19H30F2IN3O3. The van der Waals surface area contributed by atoms with Gasteiger partial charge in [-0.15, -0.1) is 24.0 Å². The molecule has 1 atom stereocenters. The fraction of sp³-hybridized carbons (Fsp3) is 0.632. The maximum Gasteiger partial charge on any atom is 0.387 e. The number of guanidine groups is 1. The number of ether oxygens (including phenoxy) is 3. The molecule has 1 fully saturated rings. The average Bonchev–Trinajstić information content (AvgIpc) is 3.12. The van der Waals surface area contributed by atoms with E-state index in [0.29, 0.717) is 31.3 Å². The second-order valence-electron chi connectivity index (χ2n) is 6.32. The topological polar surface area (TPSA) is 55.3 Å². The van der Waals surface area contributed by atoms with Gasteiger partial charge in [-0.05, 0) is 19.4 Å². The Morgan fingerprint density at radius 3 is 2.82 bits per heavy atom. The molecule has 160 valence electrons. The van der Waals surface area contributed by atoms with Gasteiger partial charge in [0.05, 0.1) is 26.4 Å². The number of alkyl halides is 2. The molecule has 1 aromatic rings. The molecule has 1 N–H and O–H groups in total. The van der Waals surface area contributed by atoms with Crippen LogP contribution in [0.1, 0.15) is 18.9 Å². The van der Waals surface area contributed by atoms with Crippen molar-refractivity contribution in [1.82, 2.24) is 10.2 Å². The van der Waals surface area contributed by atoms with Crippen LogP contribution >= 0.6 is 24.0 Å². The summed E-state index contributed by atoms with van der Waals surface area (Å²) >= 11 is 0. The minimum Gasteiger partial charge on any atom is -0.434 e. The summed E-state index contributed by atoms with van der Waals surface area (Å²) in [6, 6.07) is 6.75. The maximum absolute atomic E-state index is 12.6. The largest absolute Gasteiger partial charge is 0.434 e. The van der Waals surface area contributed by atoms with Crippen LogP contribution in [0.5, 0.6) is 5.75 Å². The summed E-state index contributed by atoms with van der Waals surface area (Å²) < 4.78 is 40.3. The summed E-state index contributed by atoms with van der Waals surface area (Å²) in [6.07, 6.45) is 1.03. The van der Waals surface area contributed by atoms with Crippen molar-refractivity contribution in [3.63, 3.8) is 0 Å². The van der Waals surface area contributed by atoms with Crippen molar-refractivity contribution in [2.75, 3.05) is 46.6 Å². The van der Waals surface area contributed by atoms with Gasteiger partial charge in [0.15, 0.2) is 5.96 Å². The zero-order chi connectivity index (χ0) is 19.5. The highest BCUT2D eigenvalue weighted by Gasteiger charge is 2.25. The summed E-state index contributed by atoms with van der Waals surface area (Å²) in [4.78, 5) is 6.81. The molecule has 0 amide bonds. The Hall–Kier alpha value is -1.20. The standard InChI is InChI=1S/C19H29F2N3O3.HI/c1-3-22-19(24-9-8-15(13-24)14-26-11-10-25-2)23-12-16-6-4-5-7-17(16)27-18(20)21;/h4-7,15,18H,3,8-14H2,1-2H3,(H,22,23);1H. The van der Waals surface area contributed by atoms with Gasteiger partial charge in [-0.25, -0.2) is 4.99 Å². The SMILES string of the molecule is CCNC(=NCc1ccccc1OC(F)F)N1CCC(COCCOC)C1.I. The Morgan fingerprint density at radius 1 is 1.32 bits per heavy atom. The van der Waals surface area contributed by atoms with E-state index in [1.165, 1.54) is 6.07 Å². The fourth-order valence-electron chi connectivity index (χ4n) is 2.98. The predicted molar refractivity (Wildman–Crippen MR) is 116 cm³/mol. The second kappa shape index (κ2) is 13.9. The van der Waals surface area contributed by atoms with Crippen molar-refractivity contribution in [3.05, 3.63) is 29.8 Å². The lowest BCUT2D eigenvalue weighted by Gasteiger charge is -2.22. The van der Waals surface area contributed by atoms with Gasteiger partial charge in [0.1, 0.15) is 5.75 Å². The number of nitrogens with zero attached hydrogens (tertiary/aromatic N) is 2. The van der Waals surface area contributed by atoms with Crippen molar-refractivity contribution in [2.45, 2.75) is 26.5 Å². The van der Waals surface area contributed by atoms with Crippen molar-refractivity contribution in [1.29, 1.82) is 0 Å². The van der Waals surface area contributed by atoms with Crippen LogP contribution in [-0.4, -0.2) is 64.0 Å². The first-order valence-electron chi connectivity index (χ1n) is 9.26. The lowest BCUT2D eigenvalue weighted by atomic mass is 10.1. The molecule has 0 aromatic heterocycles. The molecule has 6 nitrogen and oxygen atoms in total. The van der Waals surface area contributed by atoms with Crippen LogP contribution < -0.4 is 10.1 Å². The monoisotopic (exact) mass is 513 g/mol. The molecule has 28 heavy (non-hydrogen) atoms. The highest BCUT2D eigenvalue weighted by molar-refractivity contribution is 14.0. The normalized spacial score (nSPS) is 17.0. The summed E-state index contributed by atoms with van der Waals surface area (Å²) in [7, 11) is 1.66. The Balaban J connectivity index is 0.00000392. The summed E-state index contributed by atoms with van der Waals surface area (Å²) in [6.45, 7) is 3.81. The van der Waals surface area contributed by atoms with Gasteiger partial charge in [-0.3, -0.25) is 0 Å². The molecule has 9 heteroatoms. The number of rotatable bonds is 10. The van der Waals surface area contributed by atoms with Crippen LogP contribution in [0.3, 0.4) is 0 Å². The molecular weight excluding hydrogens is 483 g/mol. The Labute approximate surface area is 182 Å². The van der Waals surface area contributed by atoms with E-state index in [0.717, 1.165) is 32.0 Å². The van der Waals surface area contributed by atoms with Crippen LogP contribution in [0.25, 0.3) is 0 Å².